The summed E-state index contributed by atoms with van der Waals surface area (Å²) in [7, 11) is 0. The first-order chi connectivity index (χ1) is 6.45. The molecule has 6 heteroatoms. The average Bonchev–Trinajstić information content (AvgIpc) is 2.10. The summed E-state index contributed by atoms with van der Waals surface area (Å²) in [6.07, 6.45) is -4.25. The Labute approximate surface area is 81.7 Å². The largest absolute Gasteiger partial charge is 0.395 e. The lowest BCUT2D eigenvalue weighted by atomic mass is 10.1. The Balaban J connectivity index is 4.14. The summed E-state index contributed by atoms with van der Waals surface area (Å²) in [5, 5.41) is 8.60. The van der Waals surface area contributed by atoms with Crippen molar-refractivity contribution in [3.63, 3.8) is 0 Å². The van der Waals surface area contributed by atoms with Gasteiger partial charge < -0.3 is 15.7 Å². The van der Waals surface area contributed by atoms with E-state index in [2.05, 4.69) is 0 Å². The quantitative estimate of drug-likeness (QED) is 0.674. The van der Waals surface area contributed by atoms with E-state index in [-0.39, 0.29) is 19.7 Å². The minimum atomic E-state index is -4.25. The molecule has 0 amide bonds. The number of nitrogens with zero attached hydrogens (tertiary/aromatic N) is 1. The van der Waals surface area contributed by atoms with Gasteiger partial charge in [-0.25, -0.2) is 0 Å². The Hall–Kier alpha value is -0.330. The lowest BCUT2D eigenvalue weighted by Crippen LogP contribution is -2.41. The van der Waals surface area contributed by atoms with Crippen molar-refractivity contribution in [1.82, 2.24) is 4.90 Å². The van der Waals surface area contributed by atoms with Gasteiger partial charge in [-0.05, 0) is 6.54 Å². The van der Waals surface area contributed by atoms with Crippen LogP contribution in [0.2, 0.25) is 0 Å². The molecule has 0 fully saturated rings. The first-order valence-corrected chi connectivity index (χ1v) is 4.55. The number of nitrogens with two attached hydrogens (primary N) is 1. The van der Waals surface area contributed by atoms with Crippen molar-refractivity contribution in [1.29, 1.82) is 0 Å². The molecule has 3 N–H and O–H groups in total. The molecule has 86 valence electrons. The van der Waals surface area contributed by atoms with E-state index in [1.807, 2.05) is 0 Å². The molecule has 0 bridgehead atoms. The molecule has 0 saturated heterocycles. The second kappa shape index (κ2) is 6.21. The van der Waals surface area contributed by atoms with E-state index in [9.17, 15) is 13.2 Å². The van der Waals surface area contributed by atoms with Gasteiger partial charge in [0.1, 0.15) is 0 Å². The topological polar surface area (TPSA) is 49.5 Å². The fourth-order valence-electron chi connectivity index (χ4n) is 1.14. The molecule has 0 aliphatic heterocycles. The molecule has 0 aliphatic carbocycles. The fraction of sp³-hybridized carbons (Fsp3) is 1.00. The Kier molecular flexibility index (Phi) is 6.06. The zero-order valence-corrected chi connectivity index (χ0v) is 8.22. The van der Waals surface area contributed by atoms with Crippen LogP contribution < -0.4 is 5.73 Å². The van der Waals surface area contributed by atoms with Gasteiger partial charge in [0, 0.05) is 19.6 Å². The summed E-state index contributed by atoms with van der Waals surface area (Å²) in [5.41, 5.74) is 5.05. The minimum Gasteiger partial charge on any atom is -0.395 e. The molecule has 0 saturated carbocycles. The standard InChI is InChI=1S/C8H17F3N2O/c1-2-13(3-4-14)6-7(5-12)8(9,10)11/h7,14H,2-6,12H2,1H3. The summed E-state index contributed by atoms with van der Waals surface area (Å²) in [4.78, 5) is 1.53. The lowest BCUT2D eigenvalue weighted by Gasteiger charge is -2.26. The molecule has 14 heavy (non-hydrogen) atoms. The van der Waals surface area contributed by atoms with E-state index >= 15 is 0 Å². The van der Waals surface area contributed by atoms with Gasteiger partial charge >= 0.3 is 6.18 Å². The van der Waals surface area contributed by atoms with Crippen LogP contribution in [-0.4, -0.2) is 49.0 Å². The van der Waals surface area contributed by atoms with Crippen molar-refractivity contribution in [3.8, 4) is 0 Å². The van der Waals surface area contributed by atoms with E-state index in [0.29, 0.717) is 6.54 Å². The highest BCUT2D eigenvalue weighted by molar-refractivity contribution is 4.72. The molecular formula is C8H17F3N2O. The monoisotopic (exact) mass is 214 g/mol. The van der Waals surface area contributed by atoms with Crippen molar-refractivity contribution in [2.24, 2.45) is 11.7 Å². The fourth-order valence-corrected chi connectivity index (χ4v) is 1.14. The molecule has 0 rings (SSSR count). The molecular weight excluding hydrogens is 197 g/mol. The van der Waals surface area contributed by atoms with Crippen LogP contribution in [0.3, 0.4) is 0 Å². The van der Waals surface area contributed by atoms with Crippen molar-refractivity contribution < 1.29 is 18.3 Å². The van der Waals surface area contributed by atoms with Crippen LogP contribution in [0.15, 0.2) is 0 Å². The van der Waals surface area contributed by atoms with Crippen molar-refractivity contribution >= 4 is 0 Å². The van der Waals surface area contributed by atoms with Crippen LogP contribution in [0.25, 0.3) is 0 Å². The summed E-state index contributed by atoms with van der Waals surface area (Å²) in [6, 6.07) is 0. The molecule has 0 radical (unpaired) electrons. The number of hydrogen-bond acceptors (Lipinski definition) is 3. The lowest BCUT2D eigenvalue weighted by molar-refractivity contribution is -0.176. The van der Waals surface area contributed by atoms with Crippen LogP contribution in [0.5, 0.6) is 0 Å². The maximum absolute atomic E-state index is 12.3. The summed E-state index contributed by atoms with van der Waals surface area (Å²) < 4.78 is 36.9. The normalized spacial score (nSPS) is 14.8. The molecule has 0 aliphatic rings. The van der Waals surface area contributed by atoms with Gasteiger partial charge in [0.25, 0.3) is 0 Å². The summed E-state index contributed by atoms with van der Waals surface area (Å²) in [5.74, 6) is -1.51. The van der Waals surface area contributed by atoms with Crippen LogP contribution in [0, 0.1) is 5.92 Å². The Morgan fingerprint density at radius 3 is 2.29 bits per heavy atom. The van der Waals surface area contributed by atoms with E-state index in [4.69, 9.17) is 10.8 Å². The minimum absolute atomic E-state index is 0.136. The van der Waals surface area contributed by atoms with Gasteiger partial charge in [0.05, 0.1) is 12.5 Å². The predicted molar refractivity (Wildman–Crippen MR) is 47.8 cm³/mol. The van der Waals surface area contributed by atoms with Gasteiger partial charge in [-0.3, -0.25) is 0 Å². The van der Waals surface area contributed by atoms with E-state index in [0.717, 1.165) is 0 Å². The number of halogens is 3. The Morgan fingerprint density at radius 2 is 2.00 bits per heavy atom. The predicted octanol–water partition coefficient (Wildman–Crippen LogP) is 0.438. The number of likely N-dealkylation sites (N-methyl/N-ethyl adjacent to an activating group) is 1. The van der Waals surface area contributed by atoms with Crippen LogP contribution in [-0.2, 0) is 0 Å². The second-order valence-corrected chi connectivity index (χ2v) is 3.09. The molecule has 0 aromatic heterocycles. The van der Waals surface area contributed by atoms with Crippen molar-refractivity contribution in [2.45, 2.75) is 13.1 Å². The number of alkyl halides is 3. The molecule has 3 nitrogen and oxygen atoms in total. The number of rotatable bonds is 6. The number of aliphatic hydroxyl groups excluding tert-OH is 1. The van der Waals surface area contributed by atoms with Crippen LogP contribution in [0.4, 0.5) is 13.2 Å². The van der Waals surface area contributed by atoms with Gasteiger partial charge in [0.15, 0.2) is 0 Å². The number of aliphatic hydroxyl groups is 1. The first-order valence-electron chi connectivity index (χ1n) is 4.55. The van der Waals surface area contributed by atoms with Gasteiger partial charge in [-0.1, -0.05) is 6.92 Å². The highest BCUT2D eigenvalue weighted by atomic mass is 19.4. The van der Waals surface area contributed by atoms with Crippen LogP contribution in [0.1, 0.15) is 6.92 Å². The maximum Gasteiger partial charge on any atom is 0.394 e. The second-order valence-electron chi connectivity index (χ2n) is 3.09. The molecule has 1 atom stereocenters. The zero-order valence-electron chi connectivity index (χ0n) is 8.22. The SMILES string of the molecule is CCN(CCO)CC(CN)C(F)(F)F. The third-order valence-electron chi connectivity index (χ3n) is 2.09. The zero-order chi connectivity index (χ0) is 11.2. The third kappa shape index (κ3) is 4.78. The summed E-state index contributed by atoms with van der Waals surface area (Å²) >= 11 is 0. The molecule has 0 aromatic rings. The van der Waals surface area contributed by atoms with E-state index in [1.165, 1.54) is 4.90 Å². The number of hydrogen-bond donors (Lipinski definition) is 2. The first kappa shape index (κ1) is 13.7. The van der Waals surface area contributed by atoms with Gasteiger partial charge in [-0.2, -0.15) is 13.2 Å². The molecule has 0 spiro atoms. The van der Waals surface area contributed by atoms with Crippen LogP contribution >= 0.6 is 0 Å². The van der Waals surface area contributed by atoms with Crippen molar-refractivity contribution in [2.75, 3.05) is 32.8 Å². The highest BCUT2D eigenvalue weighted by Crippen LogP contribution is 2.25. The molecule has 0 heterocycles. The highest BCUT2D eigenvalue weighted by Gasteiger charge is 2.39. The van der Waals surface area contributed by atoms with E-state index < -0.39 is 18.6 Å². The van der Waals surface area contributed by atoms with Crippen molar-refractivity contribution in [3.05, 3.63) is 0 Å². The molecule has 1 unspecified atom stereocenters. The van der Waals surface area contributed by atoms with Gasteiger partial charge in [0.2, 0.25) is 0 Å². The average molecular weight is 214 g/mol. The maximum atomic E-state index is 12.3. The van der Waals surface area contributed by atoms with Gasteiger partial charge in [-0.15, -0.1) is 0 Å². The summed E-state index contributed by atoms with van der Waals surface area (Å²) in [6.45, 7) is 1.79. The third-order valence-corrected chi connectivity index (χ3v) is 2.09. The van der Waals surface area contributed by atoms with E-state index in [1.54, 1.807) is 6.92 Å². The molecule has 0 aromatic carbocycles. The smallest absolute Gasteiger partial charge is 0.394 e. The Morgan fingerprint density at radius 1 is 1.43 bits per heavy atom. The Bertz CT molecular complexity index is 152.